The number of hydrogen-bond donors (Lipinski definition) is 2. The highest BCUT2D eigenvalue weighted by Gasteiger charge is 2.19. The summed E-state index contributed by atoms with van der Waals surface area (Å²) in [5.74, 6) is -0.695. The number of hydrogen-bond acceptors (Lipinski definition) is 5. The summed E-state index contributed by atoms with van der Waals surface area (Å²) in [7, 11) is 0. The molecule has 0 spiro atoms. The van der Waals surface area contributed by atoms with Crippen LogP contribution in [0.15, 0.2) is 89.6 Å². The summed E-state index contributed by atoms with van der Waals surface area (Å²) < 4.78 is 4.76. The van der Waals surface area contributed by atoms with Crippen molar-refractivity contribution in [2.24, 2.45) is 0 Å². The minimum atomic E-state index is -0.381. The lowest BCUT2D eigenvalue weighted by Gasteiger charge is -2.08. The number of aromatic nitrogens is 2. The molecule has 1 aromatic heterocycles. The zero-order valence-electron chi connectivity index (χ0n) is 16.2. The van der Waals surface area contributed by atoms with Crippen LogP contribution in [0.5, 0.6) is 0 Å². The first-order chi connectivity index (χ1) is 15.2. The van der Waals surface area contributed by atoms with Crippen molar-refractivity contribution in [3.8, 4) is 0 Å². The highest BCUT2D eigenvalue weighted by Crippen LogP contribution is 2.24. The molecule has 0 saturated carbocycles. The molecule has 7 heteroatoms. The number of carbonyl (C=O) groups excluding carboxylic acids is 2. The molecule has 7 nitrogen and oxygen atoms in total. The smallest absolute Gasteiger partial charge is 0.257 e. The van der Waals surface area contributed by atoms with Crippen molar-refractivity contribution in [1.29, 1.82) is 0 Å². The zero-order valence-corrected chi connectivity index (χ0v) is 16.2. The van der Waals surface area contributed by atoms with Crippen LogP contribution in [-0.2, 0) is 0 Å². The van der Waals surface area contributed by atoms with Gasteiger partial charge in [-0.1, -0.05) is 72.8 Å². The van der Waals surface area contributed by atoms with Crippen LogP contribution in [0.2, 0.25) is 0 Å². The first-order valence-electron chi connectivity index (χ1n) is 9.61. The number of fused-ring (bicyclic) bond motifs is 2. The van der Waals surface area contributed by atoms with Crippen molar-refractivity contribution < 1.29 is 14.2 Å². The van der Waals surface area contributed by atoms with E-state index in [0.29, 0.717) is 11.1 Å². The molecule has 0 radical (unpaired) electrons. The summed E-state index contributed by atoms with van der Waals surface area (Å²) in [5, 5.41) is 16.3. The summed E-state index contributed by atoms with van der Waals surface area (Å²) in [5.41, 5.74) is 0.958. The molecule has 2 amide bonds. The van der Waals surface area contributed by atoms with Crippen LogP contribution in [0.1, 0.15) is 20.7 Å². The molecule has 4 aromatic carbocycles. The van der Waals surface area contributed by atoms with Crippen LogP contribution in [0, 0.1) is 0 Å². The standard InChI is InChI=1S/C24H16N4O3/c29-23(19-13-5-9-15-7-1-3-11-17(15)19)25-21-22(28-31-27-21)26-24(30)20-14-6-10-16-8-2-4-12-18(16)20/h1-14H,(H,25,27,29)(H,26,28,30). The number of anilines is 2. The van der Waals surface area contributed by atoms with Gasteiger partial charge in [-0.05, 0) is 44.0 Å². The Kier molecular flexibility index (Phi) is 4.61. The Hall–Kier alpha value is -4.52. The largest absolute Gasteiger partial charge is 0.300 e. The van der Waals surface area contributed by atoms with Gasteiger partial charge >= 0.3 is 0 Å². The fourth-order valence-corrected chi connectivity index (χ4v) is 3.55. The fourth-order valence-electron chi connectivity index (χ4n) is 3.55. The topological polar surface area (TPSA) is 97.1 Å². The minimum Gasteiger partial charge on any atom is -0.300 e. The molecule has 0 bridgehead atoms. The molecule has 1 heterocycles. The average Bonchev–Trinajstić information content (AvgIpc) is 3.24. The lowest BCUT2D eigenvalue weighted by Crippen LogP contribution is -2.17. The van der Waals surface area contributed by atoms with E-state index in [1.807, 2.05) is 72.8 Å². The van der Waals surface area contributed by atoms with Gasteiger partial charge in [-0.25, -0.2) is 4.63 Å². The third-order valence-corrected chi connectivity index (χ3v) is 5.02. The maximum atomic E-state index is 12.9. The van der Waals surface area contributed by atoms with Gasteiger partial charge in [-0.2, -0.15) is 0 Å². The lowest BCUT2D eigenvalue weighted by atomic mass is 10.0. The fraction of sp³-hybridized carbons (Fsp3) is 0. The van der Waals surface area contributed by atoms with Gasteiger partial charge in [0.1, 0.15) is 0 Å². The molecule has 31 heavy (non-hydrogen) atoms. The average molecular weight is 408 g/mol. The van der Waals surface area contributed by atoms with Gasteiger partial charge in [-0.3, -0.25) is 9.59 Å². The number of nitrogens with one attached hydrogen (secondary N) is 2. The Labute approximate surface area is 176 Å². The van der Waals surface area contributed by atoms with Crippen LogP contribution in [-0.4, -0.2) is 22.1 Å². The minimum absolute atomic E-state index is 0.0338. The van der Waals surface area contributed by atoms with Gasteiger partial charge in [0.2, 0.25) is 11.6 Å². The van der Waals surface area contributed by atoms with Gasteiger partial charge in [0.15, 0.2) is 0 Å². The van der Waals surface area contributed by atoms with Gasteiger partial charge in [0, 0.05) is 11.1 Å². The van der Waals surface area contributed by atoms with Gasteiger partial charge in [0.25, 0.3) is 11.8 Å². The second-order valence-electron chi connectivity index (χ2n) is 6.92. The Morgan fingerprint density at radius 2 is 1.00 bits per heavy atom. The zero-order chi connectivity index (χ0) is 21.2. The van der Waals surface area contributed by atoms with Crippen molar-refractivity contribution in [3.05, 3.63) is 96.1 Å². The maximum absolute atomic E-state index is 12.9. The molecule has 0 unspecified atom stereocenters. The Balaban J connectivity index is 1.41. The Morgan fingerprint density at radius 3 is 1.48 bits per heavy atom. The lowest BCUT2D eigenvalue weighted by molar-refractivity contribution is 0.101. The summed E-state index contributed by atoms with van der Waals surface area (Å²) in [6.07, 6.45) is 0. The number of benzene rings is 4. The van der Waals surface area contributed by atoms with Crippen LogP contribution >= 0.6 is 0 Å². The predicted octanol–water partition coefficient (Wildman–Crippen LogP) is 4.88. The van der Waals surface area contributed by atoms with E-state index in [4.69, 9.17) is 4.63 Å². The van der Waals surface area contributed by atoms with E-state index in [1.54, 1.807) is 12.1 Å². The van der Waals surface area contributed by atoms with E-state index in [9.17, 15) is 9.59 Å². The summed E-state index contributed by atoms with van der Waals surface area (Å²) >= 11 is 0. The van der Waals surface area contributed by atoms with Crippen LogP contribution in [0.4, 0.5) is 11.6 Å². The first-order valence-corrected chi connectivity index (χ1v) is 9.61. The highest BCUT2D eigenvalue weighted by molar-refractivity contribution is 6.16. The molecule has 0 saturated heterocycles. The van der Waals surface area contributed by atoms with E-state index in [-0.39, 0.29) is 23.5 Å². The van der Waals surface area contributed by atoms with Crippen molar-refractivity contribution in [2.45, 2.75) is 0 Å². The normalized spacial score (nSPS) is 10.8. The summed E-state index contributed by atoms with van der Waals surface area (Å²) in [4.78, 5) is 25.8. The molecule has 0 fully saturated rings. The molecule has 2 N–H and O–H groups in total. The van der Waals surface area contributed by atoms with Crippen molar-refractivity contribution in [1.82, 2.24) is 10.3 Å². The van der Waals surface area contributed by atoms with Gasteiger partial charge in [-0.15, -0.1) is 0 Å². The van der Waals surface area contributed by atoms with Gasteiger partial charge in [0.05, 0.1) is 0 Å². The number of rotatable bonds is 4. The third-order valence-electron chi connectivity index (χ3n) is 5.02. The van der Waals surface area contributed by atoms with Crippen molar-refractivity contribution in [3.63, 3.8) is 0 Å². The monoisotopic (exact) mass is 408 g/mol. The second-order valence-corrected chi connectivity index (χ2v) is 6.92. The summed E-state index contributed by atoms with van der Waals surface area (Å²) in [6.45, 7) is 0. The van der Waals surface area contributed by atoms with Crippen molar-refractivity contribution in [2.75, 3.05) is 10.6 Å². The molecular formula is C24H16N4O3. The molecule has 0 aliphatic heterocycles. The SMILES string of the molecule is O=C(Nc1nonc1NC(=O)c1cccc2ccccc12)c1cccc2ccccc12. The van der Waals surface area contributed by atoms with Crippen LogP contribution in [0.3, 0.4) is 0 Å². The number of carbonyl (C=O) groups is 2. The van der Waals surface area contributed by atoms with Crippen molar-refractivity contribution >= 4 is 45.0 Å². The molecule has 150 valence electrons. The molecule has 0 atom stereocenters. The molecule has 5 aromatic rings. The van der Waals surface area contributed by atoms with E-state index < -0.39 is 0 Å². The van der Waals surface area contributed by atoms with E-state index >= 15 is 0 Å². The second kappa shape index (κ2) is 7.72. The summed E-state index contributed by atoms with van der Waals surface area (Å²) in [6, 6.07) is 26.1. The van der Waals surface area contributed by atoms with Crippen LogP contribution < -0.4 is 10.6 Å². The predicted molar refractivity (Wildman–Crippen MR) is 118 cm³/mol. The number of amides is 2. The highest BCUT2D eigenvalue weighted by atomic mass is 16.6. The molecular weight excluding hydrogens is 392 g/mol. The van der Waals surface area contributed by atoms with E-state index in [0.717, 1.165) is 21.5 Å². The Morgan fingerprint density at radius 1 is 0.581 bits per heavy atom. The number of nitrogens with zero attached hydrogens (tertiary/aromatic N) is 2. The maximum Gasteiger partial charge on any atom is 0.257 e. The molecule has 5 rings (SSSR count). The van der Waals surface area contributed by atoms with Gasteiger partial charge < -0.3 is 10.6 Å². The van der Waals surface area contributed by atoms with E-state index in [1.165, 1.54) is 0 Å². The first kappa shape index (κ1) is 18.5. The third kappa shape index (κ3) is 3.49. The quantitative estimate of drug-likeness (QED) is 0.442. The van der Waals surface area contributed by atoms with Crippen LogP contribution in [0.25, 0.3) is 21.5 Å². The van der Waals surface area contributed by atoms with E-state index in [2.05, 4.69) is 20.9 Å². The Bertz CT molecular complexity index is 1320. The molecule has 0 aliphatic carbocycles. The molecule has 0 aliphatic rings.